The average molecular weight is 587 g/mol. The third-order valence-electron chi connectivity index (χ3n) is 10.9. The SMILES string of the molecule is COc1cc(OC2C(C)(C)C(NC(=O)c3ccc(N4CCC5(CC(N6CCC(O)CC6)C5)C4)cc3)C2(C)C)ccc1C#N. The summed E-state index contributed by atoms with van der Waals surface area (Å²) in [4.78, 5) is 18.5. The molecule has 0 atom stereocenters. The zero-order valence-corrected chi connectivity index (χ0v) is 26.2. The molecule has 2 N–H and O–H groups in total. The molecule has 2 aliphatic carbocycles. The molecule has 43 heavy (non-hydrogen) atoms. The molecule has 2 aliphatic heterocycles. The summed E-state index contributed by atoms with van der Waals surface area (Å²) in [5.74, 6) is 1.07. The highest BCUT2D eigenvalue weighted by atomic mass is 16.5. The molecule has 2 aromatic rings. The number of ether oxygens (including phenoxy) is 2. The fourth-order valence-electron chi connectivity index (χ4n) is 8.75. The highest BCUT2D eigenvalue weighted by Gasteiger charge is 2.64. The van der Waals surface area contributed by atoms with E-state index in [1.807, 2.05) is 12.1 Å². The van der Waals surface area contributed by atoms with E-state index < -0.39 is 0 Å². The summed E-state index contributed by atoms with van der Waals surface area (Å²) in [7, 11) is 1.55. The standard InChI is InChI=1S/C35H46N4O4/c1-33(2)31(34(3,4)32(33)43-28-11-8-24(21-36)29(18-28)42-5)37-30(41)23-6-9-25(10-7-23)39-17-14-35(22-39)19-26(20-35)38-15-12-27(40)13-16-38/h6-11,18,26-27,31-32,40H,12-17,19-20,22H2,1-5H3,(H,37,41). The first kappa shape index (κ1) is 29.8. The Kier molecular flexibility index (Phi) is 7.63. The van der Waals surface area contributed by atoms with Crippen LogP contribution in [-0.4, -0.2) is 73.5 Å². The van der Waals surface area contributed by atoms with Crippen LogP contribution in [0.4, 0.5) is 5.69 Å². The van der Waals surface area contributed by atoms with Gasteiger partial charge in [0.15, 0.2) is 0 Å². The second-order valence-electron chi connectivity index (χ2n) is 14.6. The van der Waals surface area contributed by atoms with E-state index in [-0.39, 0.29) is 35.0 Å². The van der Waals surface area contributed by atoms with Crippen molar-refractivity contribution in [2.24, 2.45) is 16.2 Å². The minimum Gasteiger partial charge on any atom is -0.495 e. The molecule has 0 radical (unpaired) electrons. The topological polar surface area (TPSA) is 98.1 Å². The number of nitrogens with zero attached hydrogens (tertiary/aromatic N) is 3. The van der Waals surface area contributed by atoms with Gasteiger partial charge in [0.05, 0.1) is 18.8 Å². The third-order valence-corrected chi connectivity index (χ3v) is 10.9. The third kappa shape index (κ3) is 5.36. The summed E-state index contributed by atoms with van der Waals surface area (Å²) in [6.07, 6.45) is 5.32. The quantitative estimate of drug-likeness (QED) is 0.472. The van der Waals surface area contributed by atoms with Crippen molar-refractivity contribution in [2.75, 3.05) is 38.2 Å². The van der Waals surface area contributed by atoms with E-state index in [1.54, 1.807) is 25.3 Å². The lowest BCUT2D eigenvalue weighted by Crippen LogP contribution is -2.74. The first-order valence-electron chi connectivity index (χ1n) is 15.8. The monoisotopic (exact) mass is 586 g/mol. The van der Waals surface area contributed by atoms with E-state index in [4.69, 9.17) is 9.47 Å². The lowest BCUT2D eigenvalue weighted by Gasteiger charge is -2.63. The first-order valence-corrected chi connectivity index (χ1v) is 15.8. The number of aliphatic hydroxyl groups is 1. The van der Waals surface area contributed by atoms with Crippen LogP contribution in [0, 0.1) is 27.6 Å². The summed E-state index contributed by atoms with van der Waals surface area (Å²) >= 11 is 0. The van der Waals surface area contributed by atoms with Crippen LogP contribution in [0.5, 0.6) is 11.5 Å². The minimum absolute atomic E-state index is 0.0671. The van der Waals surface area contributed by atoms with E-state index in [9.17, 15) is 15.2 Å². The van der Waals surface area contributed by atoms with Crippen molar-refractivity contribution < 1.29 is 19.4 Å². The number of carbonyl (C=O) groups is 1. The average Bonchev–Trinajstić information content (AvgIpc) is 3.44. The number of anilines is 1. The molecule has 1 spiro atoms. The van der Waals surface area contributed by atoms with Gasteiger partial charge in [0.2, 0.25) is 0 Å². The number of likely N-dealkylation sites (tertiary alicyclic amines) is 1. The van der Waals surface area contributed by atoms with Crippen molar-refractivity contribution in [1.29, 1.82) is 5.26 Å². The first-order chi connectivity index (χ1) is 20.5. The molecule has 8 heteroatoms. The lowest BCUT2D eigenvalue weighted by molar-refractivity contribution is -0.164. The predicted molar refractivity (Wildman–Crippen MR) is 166 cm³/mol. The van der Waals surface area contributed by atoms with Crippen LogP contribution < -0.4 is 19.7 Å². The largest absolute Gasteiger partial charge is 0.495 e. The van der Waals surface area contributed by atoms with Gasteiger partial charge in [-0.2, -0.15) is 5.26 Å². The second kappa shape index (κ2) is 11.0. The van der Waals surface area contributed by atoms with E-state index in [0.717, 1.165) is 39.0 Å². The molecule has 2 saturated heterocycles. The van der Waals surface area contributed by atoms with Gasteiger partial charge in [-0.05, 0) is 73.9 Å². The number of hydrogen-bond donors (Lipinski definition) is 2. The number of aliphatic hydroxyl groups excluding tert-OH is 1. The lowest BCUT2D eigenvalue weighted by atomic mass is 9.49. The van der Waals surface area contributed by atoms with Gasteiger partial charge < -0.3 is 29.7 Å². The van der Waals surface area contributed by atoms with Crippen molar-refractivity contribution in [3.05, 3.63) is 53.6 Å². The molecule has 0 unspecified atom stereocenters. The number of rotatable bonds is 7. The molecule has 2 heterocycles. The number of nitrogens with one attached hydrogen (secondary N) is 1. The Bertz CT molecular complexity index is 1370. The Balaban J connectivity index is 1.04. The smallest absolute Gasteiger partial charge is 0.251 e. The number of benzene rings is 2. The van der Waals surface area contributed by atoms with Gasteiger partial charge in [-0.25, -0.2) is 0 Å². The van der Waals surface area contributed by atoms with Crippen LogP contribution in [0.15, 0.2) is 42.5 Å². The van der Waals surface area contributed by atoms with Crippen LogP contribution >= 0.6 is 0 Å². The van der Waals surface area contributed by atoms with Gasteiger partial charge in [-0.1, -0.05) is 27.7 Å². The maximum absolute atomic E-state index is 13.4. The van der Waals surface area contributed by atoms with E-state index in [2.05, 4.69) is 61.0 Å². The van der Waals surface area contributed by atoms with Crippen LogP contribution in [-0.2, 0) is 0 Å². The van der Waals surface area contributed by atoms with Gasteiger partial charge in [0, 0.05) is 66.4 Å². The molecular weight excluding hydrogens is 540 g/mol. The number of amides is 1. The van der Waals surface area contributed by atoms with Crippen LogP contribution in [0.2, 0.25) is 0 Å². The van der Waals surface area contributed by atoms with E-state index in [0.29, 0.717) is 34.1 Å². The summed E-state index contributed by atoms with van der Waals surface area (Å²) in [6, 6.07) is 16.1. The Morgan fingerprint density at radius 3 is 2.33 bits per heavy atom. The van der Waals surface area contributed by atoms with E-state index in [1.165, 1.54) is 24.9 Å². The van der Waals surface area contributed by atoms with Gasteiger partial charge in [0.1, 0.15) is 23.7 Å². The maximum Gasteiger partial charge on any atom is 0.251 e. The van der Waals surface area contributed by atoms with Crippen molar-refractivity contribution in [2.45, 2.75) is 84.1 Å². The molecule has 8 nitrogen and oxygen atoms in total. The molecule has 2 saturated carbocycles. The molecule has 0 bridgehead atoms. The molecule has 2 aromatic carbocycles. The molecule has 4 aliphatic rings. The Morgan fingerprint density at radius 1 is 1.02 bits per heavy atom. The Morgan fingerprint density at radius 2 is 1.70 bits per heavy atom. The minimum atomic E-state index is -0.307. The maximum atomic E-state index is 13.4. The number of methoxy groups -OCH3 is 1. The highest BCUT2D eigenvalue weighted by Crippen LogP contribution is 2.56. The molecule has 4 fully saturated rings. The Hall–Kier alpha value is -3.28. The predicted octanol–water partition coefficient (Wildman–Crippen LogP) is 4.99. The fourth-order valence-corrected chi connectivity index (χ4v) is 8.75. The number of nitriles is 1. The van der Waals surface area contributed by atoms with Crippen LogP contribution in [0.3, 0.4) is 0 Å². The Labute approximate surface area is 256 Å². The highest BCUT2D eigenvalue weighted by molar-refractivity contribution is 5.95. The summed E-state index contributed by atoms with van der Waals surface area (Å²) in [5, 5.41) is 22.4. The molecule has 1 amide bonds. The van der Waals surface area contributed by atoms with Gasteiger partial charge in [-0.3, -0.25) is 4.79 Å². The van der Waals surface area contributed by atoms with Crippen LogP contribution in [0.25, 0.3) is 0 Å². The number of hydrogen-bond acceptors (Lipinski definition) is 7. The van der Waals surface area contributed by atoms with Crippen molar-refractivity contribution in [3.8, 4) is 17.6 Å². The zero-order valence-electron chi connectivity index (χ0n) is 26.2. The summed E-state index contributed by atoms with van der Waals surface area (Å²) in [6.45, 7) is 12.7. The number of piperidine rings is 1. The molecule has 6 rings (SSSR count). The van der Waals surface area contributed by atoms with Gasteiger partial charge in [-0.15, -0.1) is 0 Å². The second-order valence-corrected chi connectivity index (χ2v) is 14.6. The van der Waals surface area contributed by atoms with Gasteiger partial charge in [0.25, 0.3) is 5.91 Å². The summed E-state index contributed by atoms with van der Waals surface area (Å²) < 4.78 is 11.8. The molecule has 230 valence electrons. The number of carbonyl (C=O) groups excluding carboxylic acids is 1. The van der Waals surface area contributed by atoms with Crippen molar-refractivity contribution in [1.82, 2.24) is 10.2 Å². The zero-order chi connectivity index (χ0) is 30.6. The molecule has 0 aromatic heterocycles. The van der Waals surface area contributed by atoms with E-state index >= 15 is 0 Å². The molecular formula is C35H46N4O4. The summed E-state index contributed by atoms with van der Waals surface area (Å²) in [5.41, 5.74) is 2.13. The fraction of sp³-hybridized carbons (Fsp3) is 0.600. The van der Waals surface area contributed by atoms with Gasteiger partial charge >= 0.3 is 0 Å². The van der Waals surface area contributed by atoms with Crippen LogP contribution in [0.1, 0.15) is 75.7 Å². The van der Waals surface area contributed by atoms with Crippen molar-refractivity contribution >= 4 is 11.6 Å². The normalized spacial score (nSPS) is 26.3. The van der Waals surface area contributed by atoms with Crippen molar-refractivity contribution in [3.63, 3.8) is 0 Å².